The molecule has 1 N–H and O–H groups in total. The van der Waals surface area contributed by atoms with Crippen LogP contribution in [0.1, 0.15) is 23.0 Å². The quantitative estimate of drug-likeness (QED) is 0.876. The fraction of sp³-hybridized carbons (Fsp3) is 0.500. The lowest BCUT2D eigenvalue weighted by Gasteiger charge is -2.36. The minimum Gasteiger partial charge on any atom is -0.480 e. The number of carboxylic acids is 1. The molecule has 1 aliphatic rings. The maximum atomic E-state index is 12.4. The summed E-state index contributed by atoms with van der Waals surface area (Å²) in [5.74, 6) is -0.855. The highest BCUT2D eigenvalue weighted by Gasteiger charge is 2.28. The number of rotatable bonds is 3. The van der Waals surface area contributed by atoms with Gasteiger partial charge in [0.2, 0.25) is 0 Å². The smallest absolute Gasteiger partial charge is 0.320 e. The lowest BCUT2D eigenvalue weighted by molar-refractivity contribution is -0.143. The summed E-state index contributed by atoms with van der Waals surface area (Å²) >= 11 is 0. The van der Waals surface area contributed by atoms with Crippen LogP contribution < -0.4 is 0 Å². The predicted octanol–water partition coefficient (Wildman–Crippen LogP) is 0.621. The van der Waals surface area contributed by atoms with E-state index >= 15 is 0 Å². The number of hydrogen-bond donors (Lipinski definition) is 1. The van der Waals surface area contributed by atoms with Crippen LogP contribution >= 0.6 is 0 Å². The first-order chi connectivity index (χ1) is 9.50. The summed E-state index contributed by atoms with van der Waals surface area (Å²) in [6.07, 6.45) is 1.67. The van der Waals surface area contributed by atoms with Crippen LogP contribution in [0.5, 0.6) is 0 Å². The Morgan fingerprint density at radius 2 is 1.95 bits per heavy atom. The standard InChI is InChI=1S/C14H19N3O3/c1-10-12(4-3-5-15-10)13(18)17-8-6-16(7-9-17)11(2)14(19)20/h3-5,11H,6-9H2,1-2H3,(H,19,20). The average molecular weight is 277 g/mol. The number of nitrogens with zero attached hydrogens (tertiary/aromatic N) is 3. The molecule has 1 saturated heterocycles. The van der Waals surface area contributed by atoms with Gasteiger partial charge in [-0.1, -0.05) is 0 Å². The van der Waals surface area contributed by atoms with Gasteiger partial charge in [-0.3, -0.25) is 19.5 Å². The number of aryl methyl sites for hydroxylation is 1. The third kappa shape index (κ3) is 2.96. The molecule has 6 heteroatoms. The number of piperazine rings is 1. The number of aliphatic carboxylic acids is 1. The van der Waals surface area contributed by atoms with Crippen LogP contribution in [0.2, 0.25) is 0 Å². The summed E-state index contributed by atoms with van der Waals surface area (Å²) in [7, 11) is 0. The minimum absolute atomic E-state index is 0.0294. The van der Waals surface area contributed by atoms with E-state index in [1.807, 2.05) is 11.8 Å². The zero-order chi connectivity index (χ0) is 14.7. The lowest BCUT2D eigenvalue weighted by atomic mass is 10.1. The number of carboxylic acid groups (broad SMARTS) is 1. The van der Waals surface area contributed by atoms with Gasteiger partial charge in [0, 0.05) is 38.1 Å². The summed E-state index contributed by atoms with van der Waals surface area (Å²) in [6, 6.07) is 3.02. The molecule has 0 aliphatic carbocycles. The molecule has 1 aromatic heterocycles. The van der Waals surface area contributed by atoms with E-state index in [2.05, 4.69) is 4.98 Å². The van der Waals surface area contributed by atoms with Crippen LogP contribution in [0.3, 0.4) is 0 Å². The Hall–Kier alpha value is -1.95. The van der Waals surface area contributed by atoms with Crippen molar-refractivity contribution in [1.82, 2.24) is 14.8 Å². The van der Waals surface area contributed by atoms with E-state index < -0.39 is 12.0 Å². The van der Waals surface area contributed by atoms with E-state index in [1.54, 1.807) is 30.2 Å². The molecular formula is C14H19N3O3. The third-order valence-corrected chi connectivity index (χ3v) is 3.74. The summed E-state index contributed by atoms with van der Waals surface area (Å²) in [6.45, 7) is 5.74. The van der Waals surface area contributed by atoms with E-state index in [1.165, 1.54) is 0 Å². The number of carbonyl (C=O) groups excluding carboxylic acids is 1. The van der Waals surface area contributed by atoms with Gasteiger partial charge in [-0.05, 0) is 26.0 Å². The Bertz CT molecular complexity index is 510. The molecule has 0 bridgehead atoms. The summed E-state index contributed by atoms with van der Waals surface area (Å²) in [5, 5.41) is 8.99. The van der Waals surface area contributed by atoms with Gasteiger partial charge in [-0.2, -0.15) is 0 Å². The number of amides is 1. The van der Waals surface area contributed by atoms with Gasteiger partial charge < -0.3 is 10.0 Å². The lowest BCUT2D eigenvalue weighted by Crippen LogP contribution is -2.53. The zero-order valence-corrected chi connectivity index (χ0v) is 11.7. The molecule has 108 valence electrons. The van der Waals surface area contributed by atoms with E-state index in [-0.39, 0.29) is 5.91 Å². The first kappa shape index (κ1) is 14.5. The molecule has 1 atom stereocenters. The van der Waals surface area contributed by atoms with Crippen molar-refractivity contribution in [2.24, 2.45) is 0 Å². The molecular weight excluding hydrogens is 258 g/mol. The molecule has 1 unspecified atom stereocenters. The first-order valence-electron chi connectivity index (χ1n) is 6.68. The number of carbonyl (C=O) groups is 2. The van der Waals surface area contributed by atoms with Crippen molar-refractivity contribution in [3.63, 3.8) is 0 Å². The molecule has 0 saturated carbocycles. The van der Waals surface area contributed by atoms with Gasteiger partial charge in [0.1, 0.15) is 6.04 Å². The summed E-state index contributed by atoms with van der Waals surface area (Å²) < 4.78 is 0. The summed E-state index contributed by atoms with van der Waals surface area (Å²) in [5.41, 5.74) is 1.34. The fourth-order valence-corrected chi connectivity index (χ4v) is 2.35. The second kappa shape index (κ2) is 6.00. The van der Waals surface area contributed by atoms with E-state index in [9.17, 15) is 9.59 Å². The third-order valence-electron chi connectivity index (χ3n) is 3.74. The van der Waals surface area contributed by atoms with Crippen LogP contribution in [0, 0.1) is 6.92 Å². The number of aromatic nitrogens is 1. The fourth-order valence-electron chi connectivity index (χ4n) is 2.35. The van der Waals surface area contributed by atoms with Gasteiger partial charge in [0.25, 0.3) is 5.91 Å². The van der Waals surface area contributed by atoms with E-state index in [0.29, 0.717) is 31.7 Å². The SMILES string of the molecule is Cc1ncccc1C(=O)N1CCN(C(C)C(=O)O)CC1. The highest BCUT2D eigenvalue weighted by atomic mass is 16.4. The van der Waals surface area contributed by atoms with Crippen LogP contribution in [-0.4, -0.2) is 64.0 Å². The molecule has 0 aromatic carbocycles. The Morgan fingerprint density at radius 3 is 2.50 bits per heavy atom. The summed E-state index contributed by atoms with van der Waals surface area (Å²) in [4.78, 5) is 31.1. The first-order valence-corrected chi connectivity index (χ1v) is 6.68. The maximum Gasteiger partial charge on any atom is 0.320 e. The molecule has 1 aromatic rings. The van der Waals surface area contributed by atoms with E-state index in [0.717, 1.165) is 5.69 Å². The van der Waals surface area contributed by atoms with Crippen molar-refractivity contribution in [2.75, 3.05) is 26.2 Å². The monoisotopic (exact) mass is 277 g/mol. The average Bonchev–Trinajstić information content (AvgIpc) is 2.46. The van der Waals surface area contributed by atoms with E-state index in [4.69, 9.17) is 5.11 Å². The second-order valence-electron chi connectivity index (χ2n) is 4.98. The normalized spacial score (nSPS) is 17.8. The van der Waals surface area contributed by atoms with Gasteiger partial charge in [0.15, 0.2) is 0 Å². The van der Waals surface area contributed by atoms with Crippen molar-refractivity contribution in [2.45, 2.75) is 19.9 Å². The predicted molar refractivity (Wildman–Crippen MR) is 73.5 cm³/mol. The van der Waals surface area contributed by atoms with Crippen LogP contribution in [-0.2, 0) is 4.79 Å². The highest BCUT2D eigenvalue weighted by molar-refractivity contribution is 5.95. The zero-order valence-electron chi connectivity index (χ0n) is 11.7. The van der Waals surface area contributed by atoms with Crippen LogP contribution in [0.4, 0.5) is 0 Å². The molecule has 2 heterocycles. The van der Waals surface area contributed by atoms with Gasteiger partial charge >= 0.3 is 5.97 Å². The van der Waals surface area contributed by atoms with Crippen molar-refractivity contribution >= 4 is 11.9 Å². The van der Waals surface area contributed by atoms with Crippen molar-refractivity contribution < 1.29 is 14.7 Å². The molecule has 6 nitrogen and oxygen atoms in total. The largest absolute Gasteiger partial charge is 0.480 e. The minimum atomic E-state index is -0.826. The molecule has 0 spiro atoms. The van der Waals surface area contributed by atoms with Crippen molar-refractivity contribution in [3.05, 3.63) is 29.6 Å². The molecule has 1 fully saturated rings. The van der Waals surface area contributed by atoms with Gasteiger partial charge in [0.05, 0.1) is 5.56 Å². The molecule has 20 heavy (non-hydrogen) atoms. The Kier molecular flexibility index (Phi) is 4.34. The van der Waals surface area contributed by atoms with Gasteiger partial charge in [-0.25, -0.2) is 0 Å². The molecule has 0 radical (unpaired) electrons. The Morgan fingerprint density at radius 1 is 1.30 bits per heavy atom. The Balaban J connectivity index is 1.99. The van der Waals surface area contributed by atoms with Gasteiger partial charge in [-0.15, -0.1) is 0 Å². The number of pyridine rings is 1. The number of hydrogen-bond acceptors (Lipinski definition) is 4. The molecule has 2 rings (SSSR count). The second-order valence-corrected chi connectivity index (χ2v) is 4.98. The van der Waals surface area contributed by atoms with Crippen LogP contribution in [0.15, 0.2) is 18.3 Å². The van der Waals surface area contributed by atoms with Crippen LogP contribution in [0.25, 0.3) is 0 Å². The maximum absolute atomic E-state index is 12.4. The highest BCUT2D eigenvalue weighted by Crippen LogP contribution is 2.12. The topological polar surface area (TPSA) is 73.7 Å². The van der Waals surface area contributed by atoms with Crippen molar-refractivity contribution in [1.29, 1.82) is 0 Å². The van der Waals surface area contributed by atoms with Crippen molar-refractivity contribution in [3.8, 4) is 0 Å². The Labute approximate surface area is 118 Å². The molecule has 1 aliphatic heterocycles. The molecule has 1 amide bonds.